The van der Waals surface area contributed by atoms with E-state index in [2.05, 4.69) is 34.1 Å². The van der Waals surface area contributed by atoms with Gasteiger partial charge in [-0.1, -0.05) is 12.1 Å². The van der Waals surface area contributed by atoms with E-state index in [-0.39, 0.29) is 24.0 Å². The van der Waals surface area contributed by atoms with Crippen LogP contribution in [0.2, 0.25) is 0 Å². The molecule has 0 aliphatic carbocycles. The largest absolute Gasteiger partial charge is 0.507 e. The summed E-state index contributed by atoms with van der Waals surface area (Å²) >= 11 is 1.67. The van der Waals surface area contributed by atoms with Gasteiger partial charge in [0.15, 0.2) is 0 Å². The van der Waals surface area contributed by atoms with Crippen molar-refractivity contribution in [3.8, 4) is 5.75 Å². The minimum absolute atomic E-state index is 0.0351. The van der Waals surface area contributed by atoms with Crippen molar-refractivity contribution >= 4 is 11.8 Å². The molecule has 3 rings (SSSR count). The molecule has 1 aromatic carbocycles. The first kappa shape index (κ1) is 23.8. The van der Waals surface area contributed by atoms with Crippen LogP contribution in [0.3, 0.4) is 0 Å². The lowest BCUT2D eigenvalue weighted by Crippen LogP contribution is -2.49. The van der Waals surface area contributed by atoms with Crippen molar-refractivity contribution in [1.82, 2.24) is 14.4 Å². The molecule has 2 N–H and O–H groups in total. The lowest BCUT2D eigenvalue weighted by molar-refractivity contribution is 0.0931. The van der Waals surface area contributed by atoms with E-state index in [1.165, 1.54) is 0 Å². The lowest BCUT2D eigenvalue weighted by Gasteiger charge is -2.39. The number of aryl methyl sites for hydroxylation is 1. The third kappa shape index (κ3) is 5.51. The predicted octanol–water partition coefficient (Wildman–Crippen LogP) is 1.93. The van der Waals surface area contributed by atoms with Crippen LogP contribution in [-0.2, 0) is 11.3 Å². The van der Waals surface area contributed by atoms with Crippen LogP contribution in [0.25, 0.3) is 0 Å². The molecule has 2 aromatic rings. The van der Waals surface area contributed by atoms with Crippen molar-refractivity contribution in [2.24, 2.45) is 0 Å². The minimum Gasteiger partial charge on any atom is -0.507 e. The fourth-order valence-corrected chi connectivity index (χ4v) is 4.63. The first-order chi connectivity index (χ1) is 15.0. The zero-order valence-corrected chi connectivity index (χ0v) is 19.4. The molecule has 8 heteroatoms. The van der Waals surface area contributed by atoms with Crippen molar-refractivity contribution in [2.75, 3.05) is 59.3 Å². The van der Waals surface area contributed by atoms with Gasteiger partial charge in [-0.2, -0.15) is 0 Å². The number of methoxy groups -OCH3 is 1. The quantitative estimate of drug-likeness (QED) is 0.569. The van der Waals surface area contributed by atoms with Gasteiger partial charge in [0.25, 0.3) is 5.56 Å². The first-order valence-electron chi connectivity index (χ1n) is 10.6. The summed E-state index contributed by atoms with van der Waals surface area (Å²) in [6.07, 6.45) is 2.03. The SMILES string of the molecule is COCCn1c(C)cc(O)c([C@@H](c2ccc(SC)cc2)N2CCN(CCO)CC2)c1=O. The standard InChI is InChI=1S/C23H33N3O4S/c1-17-16-20(28)21(23(29)26(17)13-15-30-2)22(18-4-6-19(31-3)7-5-18)25-10-8-24(9-11-25)12-14-27/h4-7,16,22,27-28H,8-15H2,1-3H3/t22-/m1/s1. The predicted molar refractivity (Wildman–Crippen MR) is 124 cm³/mol. The van der Waals surface area contributed by atoms with Crippen molar-refractivity contribution in [3.63, 3.8) is 0 Å². The van der Waals surface area contributed by atoms with Crippen LogP contribution in [0.15, 0.2) is 40.0 Å². The number of pyridine rings is 1. The Morgan fingerprint density at radius 1 is 1.13 bits per heavy atom. The number of rotatable bonds is 9. The number of aromatic hydroxyl groups is 1. The van der Waals surface area contributed by atoms with Gasteiger partial charge < -0.3 is 19.5 Å². The van der Waals surface area contributed by atoms with Gasteiger partial charge in [0.2, 0.25) is 0 Å². The fourth-order valence-electron chi connectivity index (χ4n) is 4.22. The van der Waals surface area contributed by atoms with Gasteiger partial charge in [-0.05, 0) is 36.9 Å². The highest BCUT2D eigenvalue weighted by molar-refractivity contribution is 7.98. The number of aliphatic hydroxyl groups excluding tert-OH is 1. The summed E-state index contributed by atoms with van der Waals surface area (Å²) in [7, 11) is 1.61. The molecular weight excluding hydrogens is 414 g/mol. The summed E-state index contributed by atoms with van der Waals surface area (Å²) in [5.74, 6) is 0.0351. The lowest BCUT2D eigenvalue weighted by atomic mass is 9.96. The van der Waals surface area contributed by atoms with Gasteiger partial charge in [0.05, 0.1) is 24.8 Å². The second-order valence-electron chi connectivity index (χ2n) is 7.81. The average molecular weight is 448 g/mol. The number of hydrogen-bond donors (Lipinski definition) is 2. The van der Waals surface area contributed by atoms with E-state index < -0.39 is 0 Å². The van der Waals surface area contributed by atoms with Gasteiger partial charge in [0.1, 0.15) is 5.75 Å². The highest BCUT2D eigenvalue weighted by Gasteiger charge is 2.31. The van der Waals surface area contributed by atoms with Gasteiger partial charge in [-0.25, -0.2) is 0 Å². The monoisotopic (exact) mass is 447 g/mol. The van der Waals surface area contributed by atoms with Gasteiger partial charge >= 0.3 is 0 Å². The number of nitrogens with zero attached hydrogens (tertiary/aromatic N) is 3. The molecular formula is C23H33N3O4S. The van der Waals surface area contributed by atoms with Crippen molar-refractivity contribution in [3.05, 3.63) is 57.5 Å². The summed E-state index contributed by atoms with van der Waals surface area (Å²) in [4.78, 5) is 19.2. The van der Waals surface area contributed by atoms with Crippen LogP contribution >= 0.6 is 11.8 Å². The fraction of sp³-hybridized carbons (Fsp3) is 0.522. The Bertz CT molecular complexity index is 908. The number of ether oxygens (including phenoxy) is 1. The average Bonchev–Trinajstić information content (AvgIpc) is 2.77. The van der Waals surface area contributed by atoms with E-state index in [1.54, 1.807) is 29.5 Å². The molecule has 1 aliphatic heterocycles. The second kappa shape index (κ2) is 11.2. The molecule has 0 radical (unpaired) electrons. The van der Waals surface area contributed by atoms with Crippen LogP contribution < -0.4 is 5.56 Å². The molecule has 0 amide bonds. The van der Waals surface area contributed by atoms with Gasteiger partial charge in [-0.3, -0.25) is 14.6 Å². The normalized spacial score (nSPS) is 16.5. The molecule has 0 unspecified atom stereocenters. The highest BCUT2D eigenvalue weighted by Crippen LogP contribution is 2.34. The first-order valence-corrected chi connectivity index (χ1v) is 11.9. The number of thioether (sulfide) groups is 1. The molecule has 1 saturated heterocycles. The van der Waals surface area contributed by atoms with Gasteiger partial charge in [0, 0.05) is 57.0 Å². The molecule has 0 spiro atoms. The van der Waals surface area contributed by atoms with E-state index >= 15 is 0 Å². The number of aromatic nitrogens is 1. The topological polar surface area (TPSA) is 78.2 Å². The van der Waals surface area contributed by atoms with Crippen LogP contribution in [0, 0.1) is 6.92 Å². The number of aliphatic hydroxyl groups is 1. The maximum atomic E-state index is 13.5. The van der Waals surface area contributed by atoms with E-state index in [9.17, 15) is 15.0 Å². The zero-order chi connectivity index (χ0) is 22.4. The Labute approximate surface area is 188 Å². The molecule has 1 atom stereocenters. The number of benzene rings is 1. The maximum absolute atomic E-state index is 13.5. The van der Waals surface area contributed by atoms with Crippen molar-refractivity contribution in [1.29, 1.82) is 0 Å². The molecule has 170 valence electrons. The third-order valence-electron chi connectivity index (χ3n) is 5.94. The molecule has 1 fully saturated rings. The van der Waals surface area contributed by atoms with E-state index in [1.807, 2.05) is 13.2 Å². The van der Waals surface area contributed by atoms with E-state index in [0.29, 0.717) is 31.0 Å². The molecule has 31 heavy (non-hydrogen) atoms. The number of hydrogen-bond acceptors (Lipinski definition) is 7. The summed E-state index contributed by atoms with van der Waals surface area (Å²) in [5, 5.41) is 20.2. The Kier molecular flexibility index (Phi) is 8.57. The summed E-state index contributed by atoms with van der Waals surface area (Å²) in [6, 6.07) is 9.56. The Morgan fingerprint density at radius 3 is 2.39 bits per heavy atom. The zero-order valence-electron chi connectivity index (χ0n) is 18.6. The van der Waals surface area contributed by atoms with Crippen LogP contribution in [0.1, 0.15) is 22.9 Å². The van der Waals surface area contributed by atoms with Crippen molar-refractivity contribution in [2.45, 2.75) is 24.4 Å². The molecule has 0 saturated carbocycles. The van der Waals surface area contributed by atoms with Crippen LogP contribution in [-0.4, -0.2) is 83.9 Å². The summed E-state index contributed by atoms with van der Waals surface area (Å²) < 4.78 is 6.87. The van der Waals surface area contributed by atoms with Gasteiger partial charge in [-0.15, -0.1) is 11.8 Å². The van der Waals surface area contributed by atoms with Crippen LogP contribution in [0.5, 0.6) is 5.75 Å². The highest BCUT2D eigenvalue weighted by atomic mass is 32.2. The smallest absolute Gasteiger partial charge is 0.259 e. The summed E-state index contributed by atoms with van der Waals surface area (Å²) in [6.45, 7) is 6.61. The second-order valence-corrected chi connectivity index (χ2v) is 8.69. The van der Waals surface area contributed by atoms with E-state index in [4.69, 9.17) is 4.74 Å². The Hall–Kier alpha value is -1.84. The number of β-amino-alcohol motifs (C(OH)–C–C–N with tert-alkyl or cyclic N) is 1. The Morgan fingerprint density at radius 2 is 1.81 bits per heavy atom. The maximum Gasteiger partial charge on any atom is 0.259 e. The molecule has 0 bridgehead atoms. The van der Waals surface area contributed by atoms with E-state index in [0.717, 1.165) is 36.6 Å². The summed E-state index contributed by atoms with van der Waals surface area (Å²) in [5.41, 5.74) is 1.94. The molecule has 2 heterocycles. The van der Waals surface area contributed by atoms with Crippen molar-refractivity contribution < 1.29 is 14.9 Å². The molecule has 1 aliphatic rings. The molecule has 1 aromatic heterocycles. The molecule has 7 nitrogen and oxygen atoms in total. The number of piperazine rings is 1. The Balaban J connectivity index is 2.05. The van der Waals surface area contributed by atoms with Crippen LogP contribution in [0.4, 0.5) is 0 Å². The minimum atomic E-state index is -0.339. The third-order valence-corrected chi connectivity index (χ3v) is 6.68.